The maximum Gasteiger partial charge on any atom is 0.303 e. The monoisotopic (exact) mass is 561 g/mol. The van der Waals surface area contributed by atoms with Crippen LogP contribution in [0.2, 0.25) is 0 Å². The summed E-state index contributed by atoms with van der Waals surface area (Å²) in [5.74, 6) is -2.88. The number of hydrogen-bond acceptors (Lipinski definition) is 8. The Bertz CT molecular complexity index is 1020. The van der Waals surface area contributed by atoms with Crippen molar-refractivity contribution in [1.29, 1.82) is 0 Å². The first-order chi connectivity index (χ1) is 19.0. The quantitative estimate of drug-likeness (QED) is 0.189. The topological polar surface area (TPSA) is 192 Å². The number of carboxylic acids is 1. The van der Waals surface area contributed by atoms with Crippen molar-refractivity contribution in [2.45, 2.75) is 89.3 Å². The lowest BCUT2D eigenvalue weighted by Crippen LogP contribution is -2.60. The van der Waals surface area contributed by atoms with E-state index in [-0.39, 0.29) is 26.0 Å². The minimum Gasteiger partial charge on any atom is -0.481 e. The smallest absolute Gasteiger partial charge is 0.303 e. The van der Waals surface area contributed by atoms with Crippen molar-refractivity contribution in [3.63, 3.8) is 0 Å². The maximum atomic E-state index is 13.3. The molecule has 40 heavy (non-hydrogen) atoms. The molecule has 222 valence electrons. The van der Waals surface area contributed by atoms with E-state index in [9.17, 15) is 24.3 Å². The summed E-state index contributed by atoms with van der Waals surface area (Å²) >= 11 is 0. The Balaban J connectivity index is 2.16. The van der Waals surface area contributed by atoms with E-state index in [1.807, 2.05) is 38.1 Å². The summed E-state index contributed by atoms with van der Waals surface area (Å²) in [4.78, 5) is 50.0. The van der Waals surface area contributed by atoms with E-state index in [1.54, 1.807) is 19.1 Å². The molecular formula is C28H43N5O7. The molecule has 8 N–H and O–H groups in total. The van der Waals surface area contributed by atoms with Crippen molar-refractivity contribution in [3.05, 3.63) is 42.0 Å². The van der Waals surface area contributed by atoms with Gasteiger partial charge >= 0.3 is 5.97 Å². The average molecular weight is 562 g/mol. The molecule has 0 bridgehead atoms. The molecule has 12 nitrogen and oxygen atoms in total. The largest absolute Gasteiger partial charge is 0.481 e. The van der Waals surface area contributed by atoms with Crippen LogP contribution in [0.1, 0.15) is 51.5 Å². The number of anilines is 1. The number of carboxylic acid groups (broad SMARTS) is 1. The molecule has 1 heterocycles. The zero-order valence-electron chi connectivity index (χ0n) is 23.4. The number of aliphatic carboxylic acids is 1. The number of carbonyl (C=O) groups is 4. The van der Waals surface area contributed by atoms with E-state index in [0.29, 0.717) is 19.3 Å². The molecule has 0 fully saturated rings. The molecule has 1 aromatic rings. The van der Waals surface area contributed by atoms with Crippen LogP contribution in [0, 0.1) is 6.92 Å². The molecule has 0 saturated carbocycles. The highest BCUT2D eigenvalue weighted by molar-refractivity contribution is 5.93. The number of benzene rings is 1. The minimum absolute atomic E-state index is 0.100. The van der Waals surface area contributed by atoms with E-state index in [0.717, 1.165) is 11.3 Å². The van der Waals surface area contributed by atoms with Gasteiger partial charge in [0.25, 0.3) is 0 Å². The van der Waals surface area contributed by atoms with E-state index in [4.69, 9.17) is 15.6 Å². The number of nitrogens with two attached hydrogens (primary N) is 1. The predicted octanol–water partition coefficient (Wildman–Crippen LogP) is 0.579. The normalized spacial score (nSPS) is 24.6. The lowest BCUT2D eigenvalue weighted by atomic mass is 10.0. The Kier molecular flexibility index (Phi) is 13.6. The van der Waals surface area contributed by atoms with Gasteiger partial charge < -0.3 is 42.0 Å². The number of aryl methyl sites for hydroxylation is 1. The number of nitrogens with one attached hydrogen (secondary N) is 4. The molecule has 6 atom stereocenters. The summed E-state index contributed by atoms with van der Waals surface area (Å²) in [5, 5.41) is 31.1. The van der Waals surface area contributed by atoms with Crippen LogP contribution >= 0.6 is 0 Å². The molecule has 0 saturated heterocycles. The second-order valence-corrected chi connectivity index (χ2v) is 10.0. The number of aliphatic hydroxyl groups excluding tert-OH is 1. The highest BCUT2D eigenvalue weighted by atomic mass is 16.5. The number of aliphatic hydroxyl groups is 1. The Hall–Kier alpha value is -3.48. The van der Waals surface area contributed by atoms with Crippen LogP contribution < -0.4 is 27.0 Å². The van der Waals surface area contributed by atoms with E-state index in [1.165, 1.54) is 0 Å². The third-order valence-electron chi connectivity index (χ3n) is 6.64. The van der Waals surface area contributed by atoms with Crippen molar-refractivity contribution in [3.8, 4) is 0 Å². The van der Waals surface area contributed by atoms with Crippen LogP contribution in [0.5, 0.6) is 0 Å². The zero-order valence-corrected chi connectivity index (χ0v) is 23.4. The molecule has 0 unspecified atom stereocenters. The molecule has 1 aromatic carbocycles. The Morgan fingerprint density at radius 2 is 1.85 bits per heavy atom. The first-order valence-corrected chi connectivity index (χ1v) is 13.7. The third kappa shape index (κ3) is 10.9. The molecule has 3 amide bonds. The molecule has 2 rings (SSSR count). The zero-order chi connectivity index (χ0) is 29.7. The standard InChI is InChI=1S/C28H43N5O7/c1-4-7-22-27(38)31-21(23(34)16-30-19-11-9-17(2)10-12-19)8-5-6-15-40-18(3)25(28(39)32-22)33-26(37)20(29)13-14-24(35)36/h5-6,9-12,18,20-23,25,30,34H,4,7-8,13-16,29H2,1-3H3,(H,31,38)(H,32,39)(H,33,37)(H,35,36)/b6-5+/t18-,20-,21-,22-,23+,25-/m0/s1. The van der Waals surface area contributed by atoms with Gasteiger partial charge in [0.1, 0.15) is 12.1 Å². The molecular weight excluding hydrogens is 518 g/mol. The fraction of sp³-hybridized carbons (Fsp3) is 0.571. The average Bonchev–Trinajstić information content (AvgIpc) is 2.92. The van der Waals surface area contributed by atoms with Crippen molar-refractivity contribution in [2.24, 2.45) is 5.73 Å². The summed E-state index contributed by atoms with van der Waals surface area (Å²) in [6, 6.07) is 3.85. The highest BCUT2D eigenvalue weighted by Crippen LogP contribution is 2.12. The van der Waals surface area contributed by atoms with Crippen molar-refractivity contribution < 1.29 is 34.1 Å². The molecule has 0 aliphatic carbocycles. The van der Waals surface area contributed by atoms with Gasteiger partial charge in [-0.05, 0) is 45.2 Å². The van der Waals surface area contributed by atoms with Crippen LogP contribution in [0.15, 0.2) is 36.4 Å². The maximum absolute atomic E-state index is 13.3. The van der Waals surface area contributed by atoms with Crippen LogP contribution in [0.3, 0.4) is 0 Å². The SMILES string of the molecule is CCC[C@@H]1NC(=O)[C@@H](NC(=O)[C@@H](N)CCC(=O)O)[C@H](C)OC/C=C/C[C@@H]([C@H](O)CNc2ccc(C)cc2)NC1=O. The molecule has 1 aliphatic rings. The Morgan fingerprint density at radius 1 is 1.15 bits per heavy atom. The van der Waals surface area contributed by atoms with Crippen molar-refractivity contribution in [1.82, 2.24) is 16.0 Å². The van der Waals surface area contributed by atoms with E-state index >= 15 is 0 Å². The molecule has 1 aliphatic heterocycles. The van der Waals surface area contributed by atoms with Crippen LogP contribution in [-0.4, -0.2) is 83.4 Å². The van der Waals surface area contributed by atoms with Crippen LogP contribution in [-0.2, 0) is 23.9 Å². The molecule has 0 spiro atoms. The van der Waals surface area contributed by atoms with E-state index in [2.05, 4.69) is 21.3 Å². The van der Waals surface area contributed by atoms with Crippen LogP contribution in [0.25, 0.3) is 0 Å². The lowest BCUT2D eigenvalue weighted by Gasteiger charge is -2.29. The fourth-order valence-corrected chi connectivity index (χ4v) is 4.13. The predicted molar refractivity (Wildman–Crippen MR) is 150 cm³/mol. The number of rotatable bonds is 11. The molecule has 0 aromatic heterocycles. The summed E-state index contributed by atoms with van der Waals surface area (Å²) in [5.41, 5.74) is 7.77. The first-order valence-electron chi connectivity index (χ1n) is 13.7. The molecule has 12 heteroatoms. The van der Waals surface area contributed by atoms with Gasteiger partial charge in [-0.15, -0.1) is 0 Å². The van der Waals surface area contributed by atoms with Crippen LogP contribution in [0.4, 0.5) is 5.69 Å². The second-order valence-electron chi connectivity index (χ2n) is 10.0. The summed E-state index contributed by atoms with van der Waals surface area (Å²) in [7, 11) is 0. The number of carbonyl (C=O) groups excluding carboxylic acids is 3. The minimum atomic E-state index is -1.18. The van der Waals surface area contributed by atoms with E-state index < -0.39 is 60.1 Å². The first kappa shape index (κ1) is 32.7. The van der Waals surface area contributed by atoms with Gasteiger partial charge in [-0.2, -0.15) is 0 Å². The van der Waals surface area contributed by atoms with Gasteiger partial charge in [-0.25, -0.2) is 0 Å². The molecule has 0 radical (unpaired) electrons. The van der Waals surface area contributed by atoms with Crippen molar-refractivity contribution in [2.75, 3.05) is 18.5 Å². The van der Waals surface area contributed by atoms with Gasteiger partial charge in [-0.1, -0.05) is 43.2 Å². The third-order valence-corrected chi connectivity index (χ3v) is 6.64. The Morgan fingerprint density at radius 3 is 2.50 bits per heavy atom. The van der Waals surface area contributed by atoms with Gasteiger partial charge in [0.2, 0.25) is 17.7 Å². The van der Waals surface area contributed by atoms with Crippen molar-refractivity contribution >= 4 is 29.4 Å². The Labute approximate surface area is 235 Å². The van der Waals surface area contributed by atoms with Gasteiger partial charge in [0.05, 0.1) is 30.9 Å². The summed E-state index contributed by atoms with van der Waals surface area (Å²) in [6.45, 7) is 5.77. The summed E-state index contributed by atoms with van der Waals surface area (Å²) in [6.07, 6.45) is 2.62. The second kappa shape index (κ2) is 16.6. The van der Waals surface area contributed by atoms with Gasteiger partial charge in [0, 0.05) is 18.7 Å². The number of hydrogen-bond donors (Lipinski definition) is 7. The number of ether oxygens (including phenoxy) is 1. The summed E-state index contributed by atoms with van der Waals surface area (Å²) < 4.78 is 5.77. The number of amides is 3. The fourth-order valence-electron chi connectivity index (χ4n) is 4.13. The highest BCUT2D eigenvalue weighted by Gasteiger charge is 2.33. The lowest BCUT2D eigenvalue weighted by molar-refractivity contribution is -0.138. The van der Waals surface area contributed by atoms with Gasteiger partial charge in [0.15, 0.2) is 0 Å². The van der Waals surface area contributed by atoms with Gasteiger partial charge in [-0.3, -0.25) is 19.2 Å².